The summed E-state index contributed by atoms with van der Waals surface area (Å²) in [4.78, 5) is 20.4. The van der Waals surface area contributed by atoms with Crippen molar-refractivity contribution < 1.29 is 9.53 Å². The smallest absolute Gasteiger partial charge is 0.337 e. The van der Waals surface area contributed by atoms with Gasteiger partial charge in [-0.1, -0.05) is 13.0 Å². The van der Waals surface area contributed by atoms with Gasteiger partial charge in [0.2, 0.25) is 5.95 Å². The average Bonchev–Trinajstić information content (AvgIpc) is 2.53. The molecule has 0 aliphatic rings. The number of benzene rings is 1. The Morgan fingerprint density at radius 1 is 1.30 bits per heavy atom. The summed E-state index contributed by atoms with van der Waals surface area (Å²) in [6, 6.07) is 9.27. The van der Waals surface area contributed by atoms with Crippen LogP contribution in [0.25, 0.3) is 0 Å². The minimum Gasteiger partial charge on any atom is -0.465 e. The summed E-state index contributed by atoms with van der Waals surface area (Å²) in [5.74, 6) is 0.884. The lowest BCUT2D eigenvalue weighted by molar-refractivity contribution is 0.0601. The highest BCUT2D eigenvalue weighted by Gasteiger charge is 2.08. The first-order valence-corrected chi connectivity index (χ1v) is 7.59. The zero-order chi connectivity index (χ0) is 16.8. The molecule has 6 nitrogen and oxygen atoms in total. The number of hydrogen-bond donors (Lipinski definition) is 2. The number of ether oxygens (including phenoxy) is 1. The van der Waals surface area contributed by atoms with Crippen LogP contribution in [0.4, 0.5) is 17.5 Å². The number of rotatable bonds is 6. The van der Waals surface area contributed by atoms with E-state index in [4.69, 9.17) is 4.74 Å². The fourth-order valence-electron chi connectivity index (χ4n) is 2.02. The molecule has 1 aromatic carbocycles. The molecule has 1 unspecified atom stereocenters. The normalized spacial score (nSPS) is 11.7. The van der Waals surface area contributed by atoms with Crippen LogP contribution in [0.1, 0.15) is 36.3 Å². The number of methoxy groups -OCH3 is 1. The Balaban J connectivity index is 2.21. The standard InChI is InChI=1S/C17H22N4O2/c1-5-11(2)18-15-9-12(3)19-17(21-15)20-14-8-6-7-13(10-14)16(22)23-4/h6-11H,5H2,1-4H3,(H2,18,19,20,21). The van der Waals surface area contributed by atoms with E-state index < -0.39 is 0 Å². The molecule has 2 N–H and O–H groups in total. The van der Waals surface area contributed by atoms with E-state index in [-0.39, 0.29) is 5.97 Å². The van der Waals surface area contributed by atoms with E-state index in [9.17, 15) is 4.79 Å². The lowest BCUT2D eigenvalue weighted by atomic mass is 10.2. The summed E-state index contributed by atoms with van der Waals surface area (Å²) in [5.41, 5.74) is 2.06. The van der Waals surface area contributed by atoms with Crippen molar-refractivity contribution in [2.75, 3.05) is 17.7 Å². The van der Waals surface area contributed by atoms with E-state index in [0.29, 0.717) is 17.6 Å². The van der Waals surface area contributed by atoms with Gasteiger partial charge in [0.25, 0.3) is 0 Å². The van der Waals surface area contributed by atoms with Gasteiger partial charge in [0.05, 0.1) is 12.7 Å². The molecule has 23 heavy (non-hydrogen) atoms. The van der Waals surface area contributed by atoms with Crippen LogP contribution in [0.2, 0.25) is 0 Å². The molecule has 0 aliphatic carbocycles. The number of esters is 1. The minimum atomic E-state index is -0.377. The Morgan fingerprint density at radius 2 is 2.09 bits per heavy atom. The maximum Gasteiger partial charge on any atom is 0.337 e. The van der Waals surface area contributed by atoms with Crippen molar-refractivity contribution in [3.8, 4) is 0 Å². The summed E-state index contributed by atoms with van der Waals surface area (Å²) in [7, 11) is 1.36. The Kier molecular flexibility index (Phi) is 5.51. The summed E-state index contributed by atoms with van der Waals surface area (Å²) in [5, 5.41) is 6.46. The third-order valence-electron chi connectivity index (χ3n) is 3.40. The van der Waals surface area contributed by atoms with Crippen LogP contribution in [-0.2, 0) is 4.74 Å². The third-order valence-corrected chi connectivity index (χ3v) is 3.40. The van der Waals surface area contributed by atoms with Gasteiger partial charge in [-0.2, -0.15) is 4.98 Å². The second-order valence-electron chi connectivity index (χ2n) is 5.37. The van der Waals surface area contributed by atoms with Crippen LogP contribution in [0, 0.1) is 6.92 Å². The van der Waals surface area contributed by atoms with E-state index in [0.717, 1.165) is 23.6 Å². The lowest BCUT2D eigenvalue weighted by Crippen LogP contribution is -2.15. The molecule has 0 aliphatic heterocycles. The first kappa shape index (κ1) is 16.7. The zero-order valence-corrected chi connectivity index (χ0v) is 13.9. The maximum absolute atomic E-state index is 11.6. The van der Waals surface area contributed by atoms with E-state index in [2.05, 4.69) is 34.4 Å². The molecule has 0 saturated heterocycles. The Bertz CT molecular complexity index is 688. The molecule has 0 radical (unpaired) electrons. The van der Waals surface area contributed by atoms with Gasteiger partial charge in [-0.05, 0) is 38.5 Å². The number of hydrogen-bond acceptors (Lipinski definition) is 6. The highest BCUT2D eigenvalue weighted by molar-refractivity contribution is 5.90. The van der Waals surface area contributed by atoms with Gasteiger partial charge in [0.1, 0.15) is 5.82 Å². The Morgan fingerprint density at radius 3 is 2.78 bits per heavy atom. The van der Waals surface area contributed by atoms with Crippen LogP contribution in [0.3, 0.4) is 0 Å². The van der Waals surface area contributed by atoms with Gasteiger partial charge in [-0.25, -0.2) is 9.78 Å². The summed E-state index contributed by atoms with van der Waals surface area (Å²) in [6.45, 7) is 6.13. The van der Waals surface area contributed by atoms with Crippen LogP contribution in [-0.4, -0.2) is 29.1 Å². The van der Waals surface area contributed by atoms with E-state index >= 15 is 0 Å². The summed E-state index contributed by atoms with van der Waals surface area (Å²) in [6.07, 6.45) is 1.01. The van der Waals surface area contributed by atoms with Gasteiger partial charge >= 0.3 is 5.97 Å². The van der Waals surface area contributed by atoms with Gasteiger partial charge in [0, 0.05) is 23.5 Å². The molecule has 0 amide bonds. The molecule has 0 spiro atoms. The second kappa shape index (κ2) is 7.58. The average molecular weight is 314 g/mol. The molecule has 2 aromatic rings. The summed E-state index contributed by atoms with van der Waals surface area (Å²) < 4.78 is 4.73. The maximum atomic E-state index is 11.6. The van der Waals surface area contributed by atoms with E-state index in [1.807, 2.05) is 19.1 Å². The molecule has 1 atom stereocenters. The monoisotopic (exact) mass is 314 g/mol. The number of aromatic nitrogens is 2. The molecule has 0 fully saturated rings. The first-order valence-electron chi connectivity index (χ1n) is 7.59. The molecule has 2 rings (SSSR count). The number of aryl methyl sites for hydroxylation is 1. The lowest BCUT2D eigenvalue weighted by Gasteiger charge is -2.14. The van der Waals surface area contributed by atoms with Crippen molar-refractivity contribution in [3.63, 3.8) is 0 Å². The Hall–Kier alpha value is -2.63. The number of nitrogens with one attached hydrogen (secondary N) is 2. The zero-order valence-electron chi connectivity index (χ0n) is 13.9. The number of carbonyl (C=O) groups excluding carboxylic acids is 1. The highest BCUT2D eigenvalue weighted by atomic mass is 16.5. The molecular weight excluding hydrogens is 292 g/mol. The predicted molar refractivity (Wildman–Crippen MR) is 91.2 cm³/mol. The van der Waals surface area contributed by atoms with Crippen LogP contribution in [0.15, 0.2) is 30.3 Å². The van der Waals surface area contributed by atoms with Gasteiger partial charge < -0.3 is 15.4 Å². The van der Waals surface area contributed by atoms with Crippen molar-refractivity contribution in [2.45, 2.75) is 33.2 Å². The highest BCUT2D eigenvalue weighted by Crippen LogP contribution is 2.18. The summed E-state index contributed by atoms with van der Waals surface area (Å²) >= 11 is 0. The van der Waals surface area contributed by atoms with E-state index in [1.165, 1.54) is 7.11 Å². The van der Waals surface area contributed by atoms with Crippen molar-refractivity contribution in [2.24, 2.45) is 0 Å². The van der Waals surface area contributed by atoms with Crippen molar-refractivity contribution in [1.82, 2.24) is 9.97 Å². The SMILES string of the molecule is CCC(C)Nc1cc(C)nc(Nc2cccc(C(=O)OC)c2)n1. The Labute approximate surface area is 136 Å². The topological polar surface area (TPSA) is 76.1 Å². The molecule has 6 heteroatoms. The fourth-order valence-corrected chi connectivity index (χ4v) is 2.02. The van der Waals surface area contributed by atoms with Gasteiger partial charge in [-0.3, -0.25) is 0 Å². The molecular formula is C17H22N4O2. The van der Waals surface area contributed by atoms with E-state index in [1.54, 1.807) is 18.2 Å². The van der Waals surface area contributed by atoms with Crippen molar-refractivity contribution in [3.05, 3.63) is 41.6 Å². The second-order valence-corrected chi connectivity index (χ2v) is 5.37. The fraction of sp³-hybridized carbons (Fsp3) is 0.353. The van der Waals surface area contributed by atoms with Crippen LogP contribution < -0.4 is 10.6 Å². The quantitative estimate of drug-likeness (QED) is 0.794. The molecule has 1 heterocycles. The van der Waals surface area contributed by atoms with Gasteiger partial charge in [-0.15, -0.1) is 0 Å². The molecule has 0 saturated carbocycles. The minimum absolute atomic E-state index is 0.333. The number of nitrogens with zero attached hydrogens (tertiary/aromatic N) is 2. The number of anilines is 3. The van der Waals surface area contributed by atoms with Crippen molar-refractivity contribution >= 4 is 23.4 Å². The molecule has 1 aromatic heterocycles. The molecule has 0 bridgehead atoms. The largest absolute Gasteiger partial charge is 0.465 e. The van der Waals surface area contributed by atoms with Crippen LogP contribution >= 0.6 is 0 Å². The van der Waals surface area contributed by atoms with Gasteiger partial charge in [0.15, 0.2) is 0 Å². The first-order chi connectivity index (χ1) is 11.0. The van der Waals surface area contributed by atoms with Crippen LogP contribution in [0.5, 0.6) is 0 Å². The molecule has 122 valence electrons. The third kappa shape index (κ3) is 4.67. The predicted octanol–water partition coefficient (Wildman–Crippen LogP) is 3.53. The van der Waals surface area contributed by atoms with Crippen molar-refractivity contribution in [1.29, 1.82) is 0 Å². The number of carbonyl (C=O) groups is 1.